The van der Waals surface area contributed by atoms with Gasteiger partial charge in [-0.05, 0) is 6.92 Å². The zero-order valence-corrected chi connectivity index (χ0v) is 7.13. The molecule has 0 radical (unpaired) electrons. The molecule has 0 saturated heterocycles. The molecule has 12 heavy (non-hydrogen) atoms. The van der Waals surface area contributed by atoms with Crippen LogP contribution in [0.1, 0.15) is 13.3 Å². The van der Waals surface area contributed by atoms with Gasteiger partial charge in [0.2, 0.25) is 0 Å². The molecule has 0 atom stereocenters. The van der Waals surface area contributed by atoms with Gasteiger partial charge in [0.1, 0.15) is 5.57 Å². The lowest BCUT2D eigenvalue weighted by molar-refractivity contribution is -0.135. The summed E-state index contributed by atoms with van der Waals surface area (Å²) in [6, 6.07) is 0. The van der Waals surface area contributed by atoms with Crippen LogP contribution in [0, 0.1) is 0 Å². The predicted octanol–water partition coefficient (Wildman–Crippen LogP) is 0.250. The summed E-state index contributed by atoms with van der Waals surface area (Å²) in [4.78, 5) is 23.5. The minimum absolute atomic E-state index is 0.0660. The number of ketones is 1. The fraction of sp³-hybridized carbons (Fsp3) is 0.500. The second-order valence-electron chi connectivity index (χ2n) is 2.86. The Morgan fingerprint density at radius 3 is 2.58 bits per heavy atom. The van der Waals surface area contributed by atoms with E-state index in [1.54, 1.807) is 18.9 Å². The Morgan fingerprint density at radius 1 is 1.58 bits per heavy atom. The van der Waals surface area contributed by atoms with Gasteiger partial charge in [0.25, 0.3) is 0 Å². The van der Waals surface area contributed by atoms with Gasteiger partial charge in [-0.15, -0.1) is 0 Å². The molecule has 1 heterocycles. The summed E-state index contributed by atoms with van der Waals surface area (Å²) >= 11 is 0. The number of aliphatic carboxylic acids is 1. The van der Waals surface area contributed by atoms with Crippen molar-refractivity contribution in [2.24, 2.45) is 0 Å². The summed E-state index contributed by atoms with van der Waals surface area (Å²) in [5.41, 5.74) is 0.488. The van der Waals surface area contributed by atoms with E-state index in [9.17, 15) is 9.59 Å². The summed E-state index contributed by atoms with van der Waals surface area (Å²) in [6.07, 6.45) is 0.301. The molecule has 0 aromatic heterocycles. The molecule has 4 nitrogen and oxygen atoms in total. The molecule has 1 N–H and O–H groups in total. The Hall–Kier alpha value is -1.32. The number of rotatable bonds is 1. The van der Waals surface area contributed by atoms with Crippen LogP contribution in [0.25, 0.3) is 0 Å². The number of allylic oxidation sites excluding steroid dienone is 1. The highest BCUT2D eigenvalue weighted by molar-refractivity contribution is 6.17. The maximum absolute atomic E-state index is 11.1. The number of hydrogen-bond acceptors (Lipinski definition) is 3. The number of carboxylic acid groups (broad SMARTS) is 1. The van der Waals surface area contributed by atoms with E-state index in [1.165, 1.54) is 0 Å². The Morgan fingerprint density at radius 2 is 2.17 bits per heavy atom. The van der Waals surface area contributed by atoms with Crippen molar-refractivity contribution in [2.75, 3.05) is 13.6 Å². The lowest BCUT2D eigenvalue weighted by atomic mass is 10.0. The van der Waals surface area contributed by atoms with E-state index < -0.39 is 5.97 Å². The molecule has 0 aromatic carbocycles. The SMILES string of the molecule is CC1=C(C(=O)O)C(=O)CCN1C. The van der Waals surface area contributed by atoms with E-state index >= 15 is 0 Å². The first-order chi connectivity index (χ1) is 5.54. The van der Waals surface area contributed by atoms with Crippen molar-refractivity contribution in [1.29, 1.82) is 0 Å². The molecule has 0 unspecified atom stereocenters. The number of Topliss-reactive ketones (excluding diaryl/α,β-unsaturated/α-hetero) is 1. The number of carbonyl (C=O) groups excluding carboxylic acids is 1. The highest BCUT2D eigenvalue weighted by Gasteiger charge is 2.26. The molecule has 0 fully saturated rings. The molecule has 0 aliphatic carbocycles. The molecule has 0 saturated carbocycles. The van der Waals surface area contributed by atoms with Crippen molar-refractivity contribution in [1.82, 2.24) is 4.90 Å². The fourth-order valence-corrected chi connectivity index (χ4v) is 1.23. The average Bonchev–Trinajstić information content (AvgIpc) is 1.97. The Kier molecular flexibility index (Phi) is 2.17. The standard InChI is InChI=1S/C8H11NO3/c1-5-7(8(11)12)6(10)3-4-9(5)2/h3-4H2,1-2H3,(H,11,12). The van der Waals surface area contributed by atoms with Crippen LogP contribution in [-0.4, -0.2) is 35.4 Å². The molecule has 0 amide bonds. The minimum atomic E-state index is -1.12. The van der Waals surface area contributed by atoms with Crippen molar-refractivity contribution in [3.63, 3.8) is 0 Å². The van der Waals surface area contributed by atoms with Crippen molar-refractivity contribution in [3.8, 4) is 0 Å². The van der Waals surface area contributed by atoms with E-state index in [-0.39, 0.29) is 11.4 Å². The summed E-state index contributed by atoms with van der Waals surface area (Å²) in [6.45, 7) is 2.27. The molecule has 1 aliphatic heterocycles. The summed E-state index contributed by atoms with van der Waals surface area (Å²) in [5.74, 6) is -1.39. The molecular formula is C8H11NO3. The van der Waals surface area contributed by atoms with Crippen LogP contribution in [0.2, 0.25) is 0 Å². The molecular weight excluding hydrogens is 158 g/mol. The number of nitrogens with zero attached hydrogens (tertiary/aromatic N) is 1. The first-order valence-corrected chi connectivity index (χ1v) is 3.72. The number of hydrogen-bond donors (Lipinski definition) is 1. The quantitative estimate of drug-likeness (QED) is 0.571. The van der Waals surface area contributed by atoms with Crippen molar-refractivity contribution in [2.45, 2.75) is 13.3 Å². The Bertz CT molecular complexity index is 267. The largest absolute Gasteiger partial charge is 0.477 e. The van der Waals surface area contributed by atoms with Gasteiger partial charge < -0.3 is 10.0 Å². The van der Waals surface area contributed by atoms with E-state index in [1.807, 2.05) is 0 Å². The van der Waals surface area contributed by atoms with Crippen LogP contribution in [0.15, 0.2) is 11.3 Å². The van der Waals surface area contributed by atoms with Gasteiger partial charge in [0, 0.05) is 25.7 Å². The third kappa shape index (κ3) is 1.32. The van der Waals surface area contributed by atoms with Gasteiger partial charge in [0.05, 0.1) is 0 Å². The first-order valence-electron chi connectivity index (χ1n) is 3.72. The minimum Gasteiger partial charge on any atom is -0.477 e. The first kappa shape index (κ1) is 8.77. The Balaban J connectivity index is 3.10. The van der Waals surface area contributed by atoms with Crippen LogP contribution < -0.4 is 0 Å². The molecule has 4 heteroatoms. The second-order valence-corrected chi connectivity index (χ2v) is 2.86. The van der Waals surface area contributed by atoms with Crippen LogP contribution in [0.3, 0.4) is 0 Å². The highest BCUT2D eigenvalue weighted by Crippen LogP contribution is 2.17. The fourth-order valence-electron chi connectivity index (χ4n) is 1.23. The maximum atomic E-state index is 11.1. The van der Waals surface area contributed by atoms with Gasteiger partial charge in [-0.2, -0.15) is 0 Å². The van der Waals surface area contributed by atoms with Gasteiger partial charge >= 0.3 is 5.97 Å². The van der Waals surface area contributed by atoms with E-state index in [4.69, 9.17) is 5.11 Å². The maximum Gasteiger partial charge on any atom is 0.341 e. The lowest BCUT2D eigenvalue weighted by Crippen LogP contribution is -2.31. The van der Waals surface area contributed by atoms with Crippen LogP contribution >= 0.6 is 0 Å². The molecule has 1 aliphatic rings. The van der Waals surface area contributed by atoms with E-state index in [0.29, 0.717) is 18.7 Å². The third-order valence-electron chi connectivity index (χ3n) is 2.10. The third-order valence-corrected chi connectivity index (χ3v) is 2.10. The van der Waals surface area contributed by atoms with Gasteiger partial charge in [-0.25, -0.2) is 4.79 Å². The second kappa shape index (κ2) is 2.97. The van der Waals surface area contributed by atoms with Gasteiger partial charge in [0.15, 0.2) is 5.78 Å². The van der Waals surface area contributed by atoms with Crippen molar-refractivity contribution >= 4 is 11.8 Å². The molecule has 1 rings (SSSR count). The topological polar surface area (TPSA) is 57.6 Å². The Labute approximate surface area is 70.5 Å². The van der Waals surface area contributed by atoms with Crippen LogP contribution in [0.5, 0.6) is 0 Å². The van der Waals surface area contributed by atoms with Crippen LogP contribution in [-0.2, 0) is 9.59 Å². The lowest BCUT2D eigenvalue weighted by Gasteiger charge is -2.25. The number of carbonyl (C=O) groups is 2. The summed E-state index contributed by atoms with van der Waals surface area (Å²) in [7, 11) is 1.78. The highest BCUT2D eigenvalue weighted by atomic mass is 16.4. The molecule has 0 spiro atoms. The predicted molar refractivity (Wildman–Crippen MR) is 42.6 cm³/mol. The summed E-state index contributed by atoms with van der Waals surface area (Å²) in [5, 5.41) is 8.69. The monoisotopic (exact) mass is 169 g/mol. The molecule has 0 bridgehead atoms. The normalized spacial score (nSPS) is 18.5. The van der Waals surface area contributed by atoms with E-state index in [2.05, 4.69) is 0 Å². The van der Waals surface area contributed by atoms with Gasteiger partial charge in [-0.1, -0.05) is 0 Å². The number of carboxylic acids is 1. The summed E-state index contributed by atoms with van der Waals surface area (Å²) < 4.78 is 0. The van der Waals surface area contributed by atoms with Crippen LogP contribution in [0.4, 0.5) is 0 Å². The molecule has 66 valence electrons. The zero-order valence-electron chi connectivity index (χ0n) is 7.13. The van der Waals surface area contributed by atoms with Crippen molar-refractivity contribution < 1.29 is 14.7 Å². The van der Waals surface area contributed by atoms with Gasteiger partial charge in [-0.3, -0.25) is 4.79 Å². The average molecular weight is 169 g/mol. The van der Waals surface area contributed by atoms with E-state index in [0.717, 1.165) is 0 Å². The smallest absolute Gasteiger partial charge is 0.341 e. The van der Waals surface area contributed by atoms with Crippen molar-refractivity contribution in [3.05, 3.63) is 11.3 Å². The zero-order chi connectivity index (χ0) is 9.30. The molecule has 0 aromatic rings.